The molecule has 4 atom stereocenters. The summed E-state index contributed by atoms with van der Waals surface area (Å²) < 4.78 is 17.2. The Labute approximate surface area is 123 Å². The van der Waals surface area contributed by atoms with Gasteiger partial charge in [0.1, 0.15) is 5.60 Å². The van der Waals surface area contributed by atoms with Crippen LogP contribution in [0.5, 0.6) is 0 Å². The van der Waals surface area contributed by atoms with Gasteiger partial charge in [-0.25, -0.2) is 0 Å². The molecule has 1 aliphatic heterocycles. The van der Waals surface area contributed by atoms with Gasteiger partial charge in [-0.15, -0.1) is 0 Å². The first-order valence-electron chi connectivity index (χ1n) is 7.53. The Morgan fingerprint density at radius 3 is 2.40 bits per heavy atom. The maximum absolute atomic E-state index is 5.83. The molecule has 0 amide bonds. The number of allylic oxidation sites excluding steroid dienone is 3. The van der Waals surface area contributed by atoms with Gasteiger partial charge in [0, 0.05) is 20.1 Å². The number of methoxy groups -OCH3 is 2. The van der Waals surface area contributed by atoms with Crippen molar-refractivity contribution in [2.45, 2.75) is 57.8 Å². The van der Waals surface area contributed by atoms with Crippen LogP contribution in [0.4, 0.5) is 0 Å². The molecule has 2 rings (SSSR count). The van der Waals surface area contributed by atoms with Crippen LogP contribution in [0.3, 0.4) is 0 Å². The molecule has 1 heterocycles. The third-order valence-electron chi connectivity index (χ3n) is 4.66. The largest absolute Gasteiger partial charge is 0.379 e. The Bertz CT molecular complexity index is 389. The summed E-state index contributed by atoms with van der Waals surface area (Å²) >= 11 is 0. The number of epoxide rings is 1. The molecule has 0 radical (unpaired) electrons. The zero-order chi connectivity index (χ0) is 14.8. The van der Waals surface area contributed by atoms with E-state index in [1.807, 2.05) is 0 Å². The summed E-state index contributed by atoms with van der Waals surface area (Å²) in [5.41, 5.74) is 2.74. The van der Waals surface area contributed by atoms with Crippen molar-refractivity contribution in [3.8, 4) is 0 Å². The molecule has 0 bridgehead atoms. The van der Waals surface area contributed by atoms with Crippen molar-refractivity contribution in [2.24, 2.45) is 5.92 Å². The first kappa shape index (κ1) is 15.7. The molecule has 0 aromatic heterocycles. The normalized spacial score (nSPS) is 37.0. The number of ether oxygens (including phenoxy) is 3. The summed E-state index contributed by atoms with van der Waals surface area (Å²) in [5.74, 6) is 0.316. The van der Waals surface area contributed by atoms with Crippen LogP contribution in [0.2, 0.25) is 0 Å². The number of hydrogen-bond donors (Lipinski definition) is 0. The number of hydrogen-bond acceptors (Lipinski definition) is 3. The lowest BCUT2D eigenvalue weighted by Crippen LogP contribution is -2.49. The topological polar surface area (TPSA) is 31.0 Å². The van der Waals surface area contributed by atoms with E-state index in [1.165, 1.54) is 11.1 Å². The van der Waals surface area contributed by atoms with E-state index in [4.69, 9.17) is 14.2 Å². The summed E-state index contributed by atoms with van der Waals surface area (Å²) in [5, 5.41) is 0. The maximum atomic E-state index is 5.83. The molecule has 3 unspecified atom stereocenters. The lowest BCUT2D eigenvalue weighted by molar-refractivity contribution is -0.100. The van der Waals surface area contributed by atoms with E-state index < -0.39 is 0 Å². The monoisotopic (exact) mass is 280 g/mol. The highest BCUT2D eigenvalue weighted by molar-refractivity contribution is 5.21. The second-order valence-electron chi connectivity index (χ2n) is 6.31. The highest BCUT2D eigenvalue weighted by Crippen LogP contribution is 2.50. The number of rotatable bonds is 5. The van der Waals surface area contributed by atoms with Crippen molar-refractivity contribution in [3.05, 3.63) is 23.3 Å². The minimum Gasteiger partial charge on any atom is -0.379 e. The molecule has 0 N–H and O–H groups in total. The Kier molecular flexibility index (Phi) is 5.05. The van der Waals surface area contributed by atoms with Gasteiger partial charge in [0.25, 0.3) is 0 Å². The van der Waals surface area contributed by atoms with Crippen molar-refractivity contribution in [1.82, 2.24) is 0 Å². The Hall–Kier alpha value is -0.640. The fourth-order valence-electron chi connectivity index (χ4n) is 3.46. The summed E-state index contributed by atoms with van der Waals surface area (Å²) in [7, 11) is 3.57. The van der Waals surface area contributed by atoms with Gasteiger partial charge in [-0.2, -0.15) is 0 Å². The molecule has 0 aromatic carbocycles. The van der Waals surface area contributed by atoms with Crippen molar-refractivity contribution >= 4 is 0 Å². The van der Waals surface area contributed by atoms with Crippen LogP contribution >= 0.6 is 0 Å². The minimum absolute atomic E-state index is 0.0151. The Morgan fingerprint density at radius 1 is 1.20 bits per heavy atom. The zero-order valence-electron chi connectivity index (χ0n) is 13.4. The predicted molar refractivity (Wildman–Crippen MR) is 80.8 cm³/mol. The molecular formula is C17H28O3. The van der Waals surface area contributed by atoms with E-state index in [0.717, 1.165) is 25.9 Å². The molecule has 1 saturated heterocycles. The Balaban J connectivity index is 2.17. The van der Waals surface area contributed by atoms with Crippen LogP contribution in [0.15, 0.2) is 23.3 Å². The van der Waals surface area contributed by atoms with Crippen LogP contribution in [-0.2, 0) is 14.2 Å². The smallest absolute Gasteiger partial charge is 0.101 e. The average Bonchev–Trinajstić information content (AvgIpc) is 3.17. The summed E-state index contributed by atoms with van der Waals surface area (Å²) in [6.45, 7) is 7.33. The fraction of sp³-hybridized carbons (Fsp3) is 0.765. The third-order valence-corrected chi connectivity index (χ3v) is 4.66. The second kappa shape index (κ2) is 6.42. The maximum Gasteiger partial charge on any atom is 0.101 e. The van der Waals surface area contributed by atoms with Crippen LogP contribution < -0.4 is 0 Å². The van der Waals surface area contributed by atoms with Crippen molar-refractivity contribution in [1.29, 1.82) is 0 Å². The van der Waals surface area contributed by atoms with Gasteiger partial charge in [0.05, 0.1) is 18.8 Å². The summed E-state index contributed by atoms with van der Waals surface area (Å²) in [4.78, 5) is 0. The van der Waals surface area contributed by atoms with Crippen molar-refractivity contribution in [2.75, 3.05) is 20.8 Å². The van der Waals surface area contributed by atoms with E-state index in [0.29, 0.717) is 5.92 Å². The van der Waals surface area contributed by atoms with E-state index in [9.17, 15) is 0 Å². The van der Waals surface area contributed by atoms with Gasteiger partial charge in [-0.3, -0.25) is 0 Å². The molecule has 114 valence electrons. The van der Waals surface area contributed by atoms with Gasteiger partial charge >= 0.3 is 0 Å². The van der Waals surface area contributed by atoms with E-state index >= 15 is 0 Å². The molecule has 2 aliphatic rings. The summed E-state index contributed by atoms with van der Waals surface area (Å²) in [6, 6.07) is 0. The molecule has 1 spiro atoms. The molecule has 3 nitrogen and oxygen atoms in total. The first-order valence-corrected chi connectivity index (χ1v) is 7.53. The van der Waals surface area contributed by atoms with Gasteiger partial charge < -0.3 is 14.2 Å². The quantitative estimate of drug-likeness (QED) is 0.570. The molecule has 1 aliphatic carbocycles. The van der Waals surface area contributed by atoms with Crippen molar-refractivity contribution in [3.63, 3.8) is 0 Å². The molecule has 2 fully saturated rings. The van der Waals surface area contributed by atoms with E-state index in [-0.39, 0.29) is 17.8 Å². The van der Waals surface area contributed by atoms with Gasteiger partial charge in [-0.05, 0) is 40.0 Å². The van der Waals surface area contributed by atoms with E-state index in [2.05, 4.69) is 32.9 Å². The molecule has 1 saturated carbocycles. The standard InChI is InChI=1S/C17H28O3/c1-12(2)7-6-8-13(3)15-16(19-5)14(18-4)9-10-17(15)11-20-17/h7-8,14-16H,6,9-11H2,1-5H3/b13-8+/t14?,15?,16?,17-/m0/s1. The predicted octanol–water partition coefficient (Wildman–Crippen LogP) is 3.50. The molecule has 0 aromatic rings. The van der Waals surface area contributed by atoms with Gasteiger partial charge in [-0.1, -0.05) is 23.3 Å². The van der Waals surface area contributed by atoms with Crippen LogP contribution in [0, 0.1) is 5.92 Å². The third kappa shape index (κ3) is 3.16. The van der Waals surface area contributed by atoms with Crippen LogP contribution in [0.25, 0.3) is 0 Å². The van der Waals surface area contributed by atoms with Crippen LogP contribution in [-0.4, -0.2) is 38.6 Å². The van der Waals surface area contributed by atoms with Gasteiger partial charge in [0.2, 0.25) is 0 Å². The minimum atomic E-state index is 0.0151. The van der Waals surface area contributed by atoms with Gasteiger partial charge in [0.15, 0.2) is 0 Å². The lowest BCUT2D eigenvalue weighted by atomic mass is 9.72. The Morgan fingerprint density at radius 2 is 1.90 bits per heavy atom. The second-order valence-corrected chi connectivity index (χ2v) is 6.31. The van der Waals surface area contributed by atoms with Crippen molar-refractivity contribution < 1.29 is 14.2 Å². The highest BCUT2D eigenvalue weighted by atomic mass is 16.6. The molecular weight excluding hydrogens is 252 g/mol. The lowest BCUT2D eigenvalue weighted by Gasteiger charge is -2.41. The summed E-state index contributed by atoms with van der Waals surface area (Å²) in [6.07, 6.45) is 7.91. The average molecular weight is 280 g/mol. The molecule has 20 heavy (non-hydrogen) atoms. The van der Waals surface area contributed by atoms with Crippen LogP contribution in [0.1, 0.15) is 40.0 Å². The molecule has 3 heteroatoms. The highest BCUT2D eigenvalue weighted by Gasteiger charge is 2.59. The first-order chi connectivity index (χ1) is 9.54. The zero-order valence-corrected chi connectivity index (χ0v) is 13.4. The van der Waals surface area contributed by atoms with E-state index in [1.54, 1.807) is 14.2 Å². The fourth-order valence-corrected chi connectivity index (χ4v) is 3.46. The SMILES string of the molecule is COC1CC[C@]2(CO2)C(/C(C)=C/CC=C(C)C)C1OC.